The molecule has 8 heteroatoms. The van der Waals surface area contributed by atoms with Gasteiger partial charge in [0.1, 0.15) is 0 Å². The molecule has 0 rings (SSSR count). The number of carbonyl (C=O) groups excluding carboxylic acids is 2. The molecule has 0 fully saturated rings. The van der Waals surface area contributed by atoms with Crippen LogP contribution in [0.25, 0.3) is 5.53 Å². The number of ether oxygens (including phenoxy) is 1. The van der Waals surface area contributed by atoms with E-state index >= 15 is 0 Å². The second kappa shape index (κ2) is 7.46. The molecule has 1 atom stereocenters. The van der Waals surface area contributed by atoms with Gasteiger partial charge in [0.25, 0.3) is 0 Å². The Labute approximate surface area is 86.0 Å². The Bertz CT molecular complexity index is 335. The van der Waals surface area contributed by atoms with Crippen LogP contribution in [0.15, 0.2) is 4.99 Å². The Balaban J connectivity index is 4.63. The van der Waals surface area contributed by atoms with Crippen LogP contribution in [0.5, 0.6) is 0 Å². The molecular weight excluding hydrogens is 201 g/mol. The summed E-state index contributed by atoms with van der Waals surface area (Å²) in [6.45, 7) is 0. The van der Waals surface area contributed by atoms with Crippen molar-refractivity contribution in [3.8, 4) is 0 Å². The molecular formula is C7H8BN3O4. The Morgan fingerprint density at radius 1 is 1.67 bits per heavy atom. The molecule has 0 radical (unpaired) electrons. The Hall–Kier alpha value is -1.95. The van der Waals surface area contributed by atoms with Crippen molar-refractivity contribution in [3.63, 3.8) is 0 Å². The molecule has 0 aliphatic rings. The standard InChI is InChI=1S/C7H8BN3O4/c1-15-7(13)2-5(10-4-8-14)6(12)3-11-9/h3-5H,2H2,1H3/t5-/m0/s1. The van der Waals surface area contributed by atoms with Gasteiger partial charge in [0.15, 0.2) is 0 Å². The normalized spacial score (nSPS) is 11.3. The number of ketones is 1. The maximum absolute atomic E-state index is 11.2. The molecule has 0 heterocycles. The topological polar surface area (TPSA) is 109 Å². The van der Waals surface area contributed by atoms with Crippen molar-refractivity contribution >= 4 is 31.2 Å². The number of hydrogen-bond donors (Lipinski definition) is 0. The van der Waals surface area contributed by atoms with Crippen LogP contribution in [0.3, 0.4) is 0 Å². The van der Waals surface area contributed by atoms with Crippen molar-refractivity contribution in [2.45, 2.75) is 12.5 Å². The molecule has 0 aromatic carbocycles. The average molecular weight is 209 g/mol. The fourth-order valence-corrected chi connectivity index (χ4v) is 0.750. The Morgan fingerprint density at radius 3 is 2.80 bits per heavy atom. The van der Waals surface area contributed by atoms with Crippen molar-refractivity contribution in [2.75, 3.05) is 7.11 Å². The van der Waals surface area contributed by atoms with E-state index in [4.69, 9.17) is 5.53 Å². The van der Waals surface area contributed by atoms with E-state index in [1.165, 1.54) is 0 Å². The third-order valence-corrected chi connectivity index (χ3v) is 1.43. The van der Waals surface area contributed by atoms with Gasteiger partial charge in [-0.3, -0.25) is 0 Å². The molecule has 0 N–H and O–H groups in total. The van der Waals surface area contributed by atoms with Gasteiger partial charge in [0.2, 0.25) is 0 Å². The van der Waals surface area contributed by atoms with E-state index < -0.39 is 17.8 Å². The summed E-state index contributed by atoms with van der Waals surface area (Å²) in [6.07, 6.45) is 1.14. The molecule has 0 saturated carbocycles. The number of rotatable bonds is 6. The van der Waals surface area contributed by atoms with Crippen molar-refractivity contribution in [1.29, 1.82) is 0 Å². The van der Waals surface area contributed by atoms with Gasteiger partial charge in [-0.25, -0.2) is 0 Å². The molecule has 0 aromatic rings. The van der Waals surface area contributed by atoms with Crippen LogP contribution >= 0.6 is 0 Å². The number of carbonyl (C=O) groups is 2. The summed E-state index contributed by atoms with van der Waals surface area (Å²) in [4.78, 5) is 28.0. The molecule has 15 heavy (non-hydrogen) atoms. The Morgan fingerprint density at radius 2 is 2.33 bits per heavy atom. The van der Waals surface area contributed by atoms with Gasteiger partial charge < -0.3 is 0 Å². The summed E-state index contributed by atoms with van der Waals surface area (Å²) >= 11 is 0. The van der Waals surface area contributed by atoms with Crippen molar-refractivity contribution < 1.29 is 23.8 Å². The quantitative estimate of drug-likeness (QED) is 0.181. The van der Waals surface area contributed by atoms with E-state index in [-0.39, 0.29) is 6.42 Å². The third kappa shape index (κ3) is 5.38. The van der Waals surface area contributed by atoms with Crippen LogP contribution in [0.4, 0.5) is 0 Å². The van der Waals surface area contributed by atoms with E-state index in [0.717, 1.165) is 13.2 Å². The minimum atomic E-state index is -1.10. The zero-order valence-electron chi connectivity index (χ0n) is 7.99. The molecule has 0 unspecified atom stereocenters. The van der Waals surface area contributed by atoms with Gasteiger partial charge >= 0.3 is 85.1 Å². The summed E-state index contributed by atoms with van der Waals surface area (Å²) < 4.78 is 14.3. The van der Waals surface area contributed by atoms with Crippen molar-refractivity contribution in [1.82, 2.24) is 0 Å². The summed E-state index contributed by atoms with van der Waals surface area (Å²) in [6, 6.07) is -1.10. The molecule has 0 spiro atoms. The Kier molecular flexibility index (Phi) is 6.49. The van der Waals surface area contributed by atoms with Crippen LogP contribution in [0.1, 0.15) is 6.42 Å². The number of Topliss-reactive ketones (excluding diaryl/α,β-unsaturated/α-hetero) is 1. The van der Waals surface area contributed by atoms with E-state index in [9.17, 15) is 14.3 Å². The minimum absolute atomic E-state index is 0.314. The zero-order valence-corrected chi connectivity index (χ0v) is 7.99. The SMILES string of the molecule is COC(=O)C[C@H](N=CB=O)C(=O)C=[N+]=[N-]. The molecule has 0 bridgehead atoms. The number of esters is 1. The monoisotopic (exact) mass is 209 g/mol. The first kappa shape index (κ1) is 13.1. The summed E-state index contributed by atoms with van der Waals surface area (Å²) in [5.74, 6) is -1.34. The number of aliphatic imine (C=N–C) groups is 1. The van der Waals surface area contributed by atoms with Gasteiger partial charge in [-0.05, 0) is 0 Å². The van der Waals surface area contributed by atoms with Gasteiger partial charge in [-0.2, -0.15) is 0 Å². The first-order chi connectivity index (χ1) is 7.15. The number of nitrogens with zero attached hydrogens (tertiary/aromatic N) is 3. The van der Waals surface area contributed by atoms with Gasteiger partial charge in [-0.15, -0.1) is 0 Å². The second-order valence-electron chi connectivity index (χ2n) is 2.38. The first-order valence-electron chi connectivity index (χ1n) is 3.90. The summed E-state index contributed by atoms with van der Waals surface area (Å²) in [5, 5.41) is 0. The molecule has 7 nitrogen and oxygen atoms in total. The van der Waals surface area contributed by atoms with E-state index in [1.54, 1.807) is 0 Å². The molecule has 78 valence electrons. The van der Waals surface area contributed by atoms with Gasteiger partial charge in [-0.1, -0.05) is 0 Å². The molecule has 0 saturated heterocycles. The van der Waals surface area contributed by atoms with Crippen LogP contribution in [-0.4, -0.2) is 49.2 Å². The summed E-state index contributed by atoms with van der Waals surface area (Å²) in [5.41, 5.74) is 8.11. The first-order valence-corrected chi connectivity index (χ1v) is 3.90. The number of methoxy groups -OCH3 is 1. The fraction of sp³-hybridized carbons (Fsp3) is 0.429. The molecule has 0 aliphatic heterocycles. The fourth-order valence-electron chi connectivity index (χ4n) is 0.750. The van der Waals surface area contributed by atoms with Crippen LogP contribution in [-0.2, 0) is 19.0 Å². The molecule has 0 aromatic heterocycles. The predicted molar refractivity (Wildman–Crippen MR) is 50.0 cm³/mol. The van der Waals surface area contributed by atoms with Gasteiger partial charge in [0.05, 0.1) is 0 Å². The average Bonchev–Trinajstić information content (AvgIpc) is 2.24. The van der Waals surface area contributed by atoms with E-state index in [0.29, 0.717) is 13.4 Å². The second-order valence-corrected chi connectivity index (χ2v) is 2.38. The van der Waals surface area contributed by atoms with Crippen molar-refractivity contribution in [2.24, 2.45) is 4.99 Å². The van der Waals surface area contributed by atoms with E-state index in [2.05, 4.69) is 14.5 Å². The number of hydrogen-bond acceptors (Lipinski definition) is 5. The van der Waals surface area contributed by atoms with Crippen molar-refractivity contribution in [3.05, 3.63) is 5.53 Å². The maximum atomic E-state index is 11.2. The molecule has 0 aliphatic carbocycles. The van der Waals surface area contributed by atoms with E-state index in [1.807, 2.05) is 0 Å². The van der Waals surface area contributed by atoms with Crippen LogP contribution in [0.2, 0.25) is 0 Å². The van der Waals surface area contributed by atoms with Crippen LogP contribution in [0, 0.1) is 0 Å². The zero-order chi connectivity index (χ0) is 11.7. The molecule has 0 amide bonds. The van der Waals surface area contributed by atoms with Crippen LogP contribution < -0.4 is 0 Å². The third-order valence-electron chi connectivity index (χ3n) is 1.43. The van der Waals surface area contributed by atoms with Gasteiger partial charge in [0, 0.05) is 0 Å². The summed E-state index contributed by atoms with van der Waals surface area (Å²) in [7, 11) is 1.53. The predicted octanol–water partition coefficient (Wildman–Crippen LogP) is -1.13.